The van der Waals surface area contributed by atoms with Gasteiger partial charge in [-0.05, 0) is 25.5 Å². The molecule has 25 heavy (non-hydrogen) atoms. The van der Waals surface area contributed by atoms with Gasteiger partial charge in [-0.15, -0.1) is 15.0 Å². The van der Waals surface area contributed by atoms with E-state index in [4.69, 9.17) is 4.74 Å². The fourth-order valence-corrected chi connectivity index (χ4v) is 4.80. The Balaban J connectivity index is 2.02. The number of hydrogen-bond donors (Lipinski definition) is 0. The molecule has 2 aromatic rings. The first-order valence-corrected chi connectivity index (χ1v) is 9.79. The lowest BCUT2D eigenvalue weighted by molar-refractivity contribution is 0.410. The van der Waals surface area contributed by atoms with Gasteiger partial charge < -0.3 is 9.64 Å². The van der Waals surface area contributed by atoms with Gasteiger partial charge in [-0.25, -0.2) is 8.42 Å². The number of ether oxygens (including phenoxy) is 1. The van der Waals surface area contributed by atoms with E-state index >= 15 is 0 Å². The molecule has 0 aliphatic carbocycles. The normalized spacial score (nSPS) is 18.7. The summed E-state index contributed by atoms with van der Waals surface area (Å²) in [5, 5.41) is 18.2. The summed E-state index contributed by atoms with van der Waals surface area (Å²) in [5.41, 5.74) is 0.778. The van der Waals surface area contributed by atoms with Crippen LogP contribution in [-0.4, -0.2) is 54.6 Å². The van der Waals surface area contributed by atoms with Crippen LogP contribution < -0.4 is 9.64 Å². The van der Waals surface area contributed by atoms with Crippen molar-refractivity contribution < 1.29 is 13.2 Å². The van der Waals surface area contributed by atoms with E-state index in [0.29, 0.717) is 30.2 Å². The van der Waals surface area contributed by atoms with Crippen LogP contribution in [0.4, 0.5) is 5.82 Å². The van der Waals surface area contributed by atoms with Gasteiger partial charge in [-0.2, -0.15) is 5.26 Å². The minimum atomic E-state index is -3.03. The highest BCUT2D eigenvalue weighted by atomic mass is 32.2. The SMILES string of the molecule is CCN(c1nn(-c2ccccc2OC)nc1C#N)C1CCS(=O)(=O)C1. The minimum Gasteiger partial charge on any atom is -0.494 e. The molecule has 3 rings (SSSR count). The van der Waals surface area contributed by atoms with E-state index in [2.05, 4.69) is 16.3 Å². The van der Waals surface area contributed by atoms with Crippen LogP contribution in [0.3, 0.4) is 0 Å². The average molecular weight is 361 g/mol. The van der Waals surface area contributed by atoms with E-state index in [0.717, 1.165) is 0 Å². The summed E-state index contributed by atoms with van der Waals surface area (Å²) in [4.78, 5) is 3.21. The van der Waals surface area contributed by atoms with Gasteiger partial charge in [0.2, 0.25) is 5.69 Å². The maximum Gasteiger partial charge on any atom is 0.207 e. The second kappa shape index (κ2) is 6.72. The first-order chi connectivity index (χ1) is 12.0. The van der Waals surface area contributed by atoms with E-state index in [-0.39, 0.29) is 23.2 Å². The lowest BCUT2D eigenvalue weighted by Crippen LogP contribution is -2.37. The number of benzene rings is 1. The van der Waals surface area contributed by atoms with Crippen LogP contribution in [0.2, 0.25) is 0 Å². The maximum atomic E-state index is 11.8. The van der Waals surface area contributed by atoms with E-state index in [1.54, 1.807) is 19.2 Å². The predicted molar refractivity (Wildman–Crippen MR) is 92.7 cm³/mol. The Hall–Kier alpha value is -2.60. The maximum absolute atomic E-state index is 11.8. The van der Waals surface area contributed by atoms with Crippen LogP contribution >= 0.6 is 0 Å². The van der Waals surface area contributed by atoms with Crippen molar-refractivity contribution >= 4 is 15.7 Å². The Morgan fingerprint density at radius 2 is 2.16 bits per heavy atom. The van der Waals surface area contributed by atoms with Crippen molar-refractivity contribution in [3.05, 3.63) is 30.0 Å². The molecule has 9 heteroatoms. The highest BCUT2D eigenvalue weighted by Gasteiger charge is 2.34. The third-order valence-electron chi connectivity index (χ3n) is 4.26. The largest absolute Gasteiger partial charge is 0.494 e. The number of nitriles is 1. The summed E-state index contributed by atoms with van der Waals surface area (Å²) in [6.07, 6.45) is 0.530. The highest BCUT2D eigenvalue weighted by Crippen LogP contribution is 2.27. The van der Waals surface area contributed by atoms with E-state index in [1.807, 2.05) is 24.0 Å². The number of anilines is 1. The monoisotopic (exact) mass is 361 g/mol. The fraction of sp³-hybridized carbons (Fsp3) is 0.438. The molecular formula is C16H19N5O3S. The summed E-state index contributed by atoms with van der Waals surface area (Å²) >= 11 is 0. The summed E-state index contributed by atoms with van der Waals surface area (Å²) in [6.45, 7) is 2.45. The van der Waals surface area contributed by atoms with Crippen molar-refractivity contribution in [3.8, 4) is 17.5 Å². The molecule has 2 heterocycles. The Morgan fingerprint density at radius 3 is 2.76 bits per heavy atom. The minimum absolute atomic E-state index is 0.0766. The molecule has 0 bridgehead atoms. The Morgan fingerprint density at radius 1 is 1.40 bits per heavy atom. The quantitative estimate of drug-likeness (QED) is 0.787. The van der Waals surface area contributed by atoms with Crippen molar-refractivity contribution in [1.82, 2.24) is 15.0 Å². The summed E-state index contributed by atoms with van der Waals surface area (Å²) in [5.74, 6) is 1.22. The third-order valence-corrected chi connectivity index (χ3v) is 6.01. The van der Waals surface area contributed by atoms with Gasteiger partial charge in [0.1, 0.15) is 17.5 Å². The molecule has 0 spiro atoms. The zero-order chi connectivity index (χ0) is 18.0. The summed E-state index contributed by atoms with van der Waals surface area (Å²) < 4.78 is 28.9. The lowest BCUT2D eigenvalue weighted by atomic mass is 10.2. The van der Waals surface area contributed by atoms with Crippen LogP contribution in [0.15, 0.2) is 24.3 Å². The molecule has 1 aromatic carbocycles. The molecule has 1 unspecified atom stereocenters. The Kier molecular flexibility index (Phi) is 4.63. The van der Waals surface area contributed by atoms with E-state index in [1.165, 1.54) is 4.80 Å². The predicted octanol–water partition coefficient (Wildman–Crippen LogP) is 1.16. The number of aromatic nitrogens is 3. The standard InChI is InChI=1S/C16H19N5O3S/c1-3-20(12-8-9-25(22,23)11-12)16-13(10-17)18-21(19-16)14-6-4-5-7-15(14)24-2/h4-7,12H,3,8-9,11H2,1-2H3. The van der Waals surface area contributed by atoms with Crippen molar-refractivity contribution in [2.45, 2.75) is 19.4 Å². The lowest BCUT2D eigenvalue weighted by Gasteiger charge is -2.26. The molecule has 132 valence electrons. The van der Waals surface area contributed by atoms with Gasteiger partial charge in [0.05, 0.1) is 18.6 Å². The molecule has 1 aliphatic heterocycles. The van der Waals surface area contributed by atoms with Crippen molar-refractivity contribution in [1.29, 1.82) is 5.26 Å². The van der Waals surface area contributed by atoms with Crippen LogP contribution in [0.5, 0.6) is 5.75 Å². The van der Waals surface area contributed by atoms with Gasteiger partial charge in [-0.3, -0.25) is 0 Å². The number of nitrogens with zero attached hydrogens (tertiary/aromatic N) is 5. The van der Waals surface area contributed by atoms with Gasteiger partial charge in [0.25, 0.3) is 0 Å². The second-order valence-electron chi connectivity index (χ2n) is 5.79. The fourth-order valence-electron chi connectivity index (χ4n) is 3.07. The molecule has 0 amide bonds. The van der Waals surface area contributed by atoms with Gasteiger partial charge >= 0.3 is 0 Å². The second-order valence-corrected chi connectivity index (χ2v) is 8.02. The molecule has 1 aromatic heterocycles. The molecular weight excluding hydrogens is 342 g/mol. The first-order valence-electron chi connectivity index (χ1n) is 7.97. The Labute approximate surface area is 146 Å². The Bertz CT molecular complexity index is 916. The molecule has 1 atom stereocenters. The third kappa shape index (κ3) is 3.30. The molecule has 1 aliphatic rings. The number of para-hydroxylation sites is 2. The van der Waals surface area contributed by atoms with E-state index in [9.17, 15) is 13.7 Å². The molecule has 0 N–H and O–H groups in total. The zero-order valence-electron chi connectivity index (χ0n) is 14.1. The van der Waals surface area contributed by atoms with Crippen LogP contribution in [0.1, 0.15) is 19.0 Å². The number of hydrogen-bond acceptors (Lipinski definition) is 7. The number of rotatable bonds is 5. The number of methoxy groups -OCH3 is 1. The average Bonchev–Trinajstić information content (AvgIpc) is 3.19. The number of sulfone groups is 1. The molecule has 8 nitrogen and oxygen atoms in total. The molecule has 0 saturated carbocycles. The summed E-state index contributed by atoms with van der Waals surface area (Å²) in [6, 6.07) is 9.10. The van der Waals surface area contributed by atoms with E-state index < -0.39 is 9.84 Å². The molecule has 1 saturated heterocycles. The zero-order valence-corrected chi connectivity index (χ0v) is 14.9. The van der Waals surface area contributed by atoms with Crippen LogP contribution in [-0.2, 0) is 9.84 Å². The van der Waals surface area contributed by atoms with Crippen LogP contribution in [0.25, 0.3) is 5.69 Å². The van der Waals surface area contributed by atoms with Crippen molar-refractivity contribution in [3.63, 3.8) is 0 Å². The van der Waals surface area contributed by atoms with Gasteiger partial charge in [-0.1, -0.05) is 12.1 Å². The topological polar surface area (TPSA) is 101 Å². The van der Waals surface area contributed by atoms with Crippen LogP contribution in [0, 0.1) is 11.3 Å². The van der Waals surface area contributed by atoms with Crippen molar-refractivity contribution in [2.75, 3.05) is 30.1 Å². The van der Waals surface area contributed by atoms with Crippen molar-refractivity contribution in [2.24, 2.45) is 0 Å². The smallest absolute Gasteiger partial charge is 0.207 e. The van der Waals surface area contributed by atoms with Gasteiger partial charge in [0, 0.05) is 12.6 Å². The first kappa shape index (κ1) is 17.2. The van der Waals surface area contributed by atoms with Gasteiger partial charge in [0.15, 0.2) is 15.7 Å². The molecule has 0 radical (unpaired) electrons. The molecule has 1 fully saturated rings. The highest BCUT2D eigenvalue weighted by molar-refractivity contribution is 7.91. The summed E-state index contributed by atoms with van der Waals surface area (Å²) in [7, 11) is -1.48.